The highest BCUT2D eigenvalue weighted by Gasteiger charge is 2.05. The summed E-state index contributed by atoms with van der Waals surface area (Å²) in [6.45, 7) is 3.97. The molecule has 0 aliphatic carbocycles. The molecule has 1 aromatic heterocycles. The van der Waals surface area contributed by atoms with Crippen LogP contribution in [-0.4, -0.2) is 9.97 Å². The van der Waals surface area contributed by atoms with E-state index in [9.17, 15) is 0 Å². The Kier molecular flexibility index (Phi) is 3.74. The lowest BCUT2D eigenvalue weighted by Gasteiger charge is -2.11. The van der Waals surface area contributed by atoms with Crippen LogP contribution >= 0.6 is 0 Å². The Hall–Kier alpha value is -2.88. The molecule has 22 heavy (non-hydrogen) atoms. The highest BCUT2D eigenvalue weighted by Crippen LogP contribution is 2.26. The summed E-state index contributed by atoms with van der Waals surface area (Å²) in [5, 5.41) is 3.30. The van der Waals surface area contributed by atoms with Crippen LogP contribution < -0.4 is 11.1 Å². The second kappa shape index (κ2) is 5.85. The fraction of sp³-hybridized carbons (Fsp3) is 0.111. The zero-order valence-corrected chi connectivity index (χ0v) is 12.7. The molecule has 4 nitrogen and oxygen atoms in total. The zero-order chi connectivity index (χ0) is 15.5. The van der Waals surface area contributed by atoms with E-state index in [1.165, 1.54) is 11.1 Å². The standard InChI is InChI=1S/C18H18N4/c1-12-10-15(14-6-4-3-5-7-14)8-9-16(12)21-17-11-13(2)20-18(19)22-17/h3-11H,1-2H3,(H3,19,20,21,22). The van der Waals surface area contributed by atoms with Gasteiger partial charge in [-0.25, -0.2) is 4.98 Å². The molecule has 0 fully saturated rings. The topological polar surface area (TPSA) is 63.8 Å². The van der Waals surface area contributed by atoms with Gasteiger partial charge in [0.05, 0.1) is 0 Å². The third-order valence-corrected chi connectivity index (χ3v) is 3.47. The molecular formula is C18H18N4. The van der Waals surface area contributed by atoms with Gasteiger partial charge in [0.25, 0.3) is 0 Å². The summed E-state index contributed by atoms with van der Waals surface area (Å²) in [4.78, 5) is 8.29. The molecule has 0 unspecified atom stereocenters. The van der Waals surface area contributed by atoms with Crippen molar-refractivity contribution < 1.29 is 0 Å². The Balaban J connectivity index is 1.89. The van der Waals surface area contributed by atoms with Gasteiger partial charge >= 0.3 is 0 Å². The number of rotatable bonds is 3. The number of nitrogens with one attached hydrogen (secondary N) is 1. The monoisotopic (exact) mass is 290 g/mol. The average Bonchev–Trinajstić information content (AvgIpc) is 2.49. The van der Waals surface area contributed by atoms with Gasteiger partial charge in [-0.3, -0.25) is 0 Å². The van der Waals surface area contributed by atoms with E-state index in [1.54, 1.807) is 0 Å². The summed E-state index contributed by atoms with van der Waals surface area (Å²) in [5.74, 6) is 0.988. The SMILES string of the molecule is Cc1cc(Nc2ccc(-c3ccccc3)cc2C)nc(N)n1. The quantitative estimate of drug-likeness (QED) is 0.762. The molecule has 0 saturated carbocycles. The van der Waals surface area contributed by atoms with Gasteiger partial charge in [0.1, 0.15) is 5.82 Å². The van der Waals surface area contributed by atoms with Gasteiger partial charge in [-0.05, 0) is 42.7 Å². The Labute approximate surface area is 130 Å². The third kappa shape index (κ3) is 3.06. The highest BCUT2D eigenvalue weighted by molar-refractivity contribution is 5.70. The van der Waals surface area contributed by atoms with E-state index in [4.69, 9.17) is 5.73 Å². The molecule has 2 aromatic carbocycles. The van der Waals surface area contributed by atoms with Crippen LogP contribution in [0.25, 0.3) is 11.1 Å². The van der Waals surface area contributed by atoms with Crippen molar-refractivity contribution in [3.05, 3.63) is 65.9 Å². The van der Waals surface area contributed by atoms with Crippen molar-refractivity contribution in [2.75, 3.05) is 11.1 Å². The number of anilines is 3. The van der Waals surface area contributed by atoms with Crippen LogP contribution in [0.5, 0.6) is 0 Å². The summed E-state index contributed by atoms with van der Waals surface area (Å²) in [5.41, 5.74) is 11.1. The second-order valence-corrected chi connectivity index (χ2v) is 5.27. The first-order chi connectivity index (χ1) is 10.6. The summed E-state index contributed by atoms with van der Waals surface area (Å²) in [6.07, 6.45) is 0. The van der Waals surface area contributed by atoms with Crippen LogP contribution in [0, 0.1) is 13.8 Å². The Morgan fingerprint density at radius 2 is 1.64 bits per heavy atom. The Morgan fingerprint density at radius 1 is 0.864 bits per heavy atom. The minimum absolute atomic E-state index is 0.279. The number of hydrogen-bond donors (Lipinski definition) is 2. The van der Waals surface area contributed by atoms with Gasteiger partial charge in [-0.2, -0.15) is 4.98 Å². The van der Waals surface area contributed by atoms with E-state index in [2.05, 4.69) is 52.5 Å². The minimum Gasteiger partial charge on any atom is -0.368 e. The number of aromatic nitrogens is 2. The first kappa shape index (κ1) is 14.1. The van der Waals surface area contributed by atoms with Crippen LogP contribution in [0.3, 0.4) is 0 Å². The van der Waals surface area contributed by atoms with Crippen LogP contribution in [-0.2, 0) is 0 Å². The predicted octanol–water partition coefficient (Wildman–Crippen LogP) is 4.09. The normalized spacial score (nSPS) is 10.5. The van der Waals surface area contributed by atoms with Gasteiger partial charge in [-0.15, -0.1) is 0 Å². The molecule has 4 heteroatoms. The van der Waals surface area contributed by atoms with Gasteiger partial charge in [0, 0.05) is 17.4 Å². The lowest BCUT2D eigenvalue weighted by Crippen LogP contribution is -2.02. The summed E-state index contributed by atoms with van der Waals surface area (Å²) < 4.78 is 0. The molecule has 0 aliphatic heterocycles. The van der Waals surface area contributed by atoms with Crippen LogP contribution in [0.4, 0.5) is 17.5 Å². The average molecular weight is 290 g/mol. The van der Waals surface area contributed by atoms with Crippen LogP contribution in [0.1, 0.15) is 11.3 Å². The van der Waals surface area contributed by atoms with E-state index in [1.807, 2.05) is 31.2 Å². The molecule has 0 aliphatic rings. The summed E-state index contributed by atoms with van der Waals surface area (Å²) in [7, 11) is 0. The van der Waals surface area contributed by atoms with Crippen LogP contribution in [0.2, 0.25) is 0 Å². The lowest BCUT2D eigenvalue weighted by molar-refractivity contribution is 1.12. The smallest absolute Gasteiger partial charge is 0.222 e. The predicted molar refractivity (Wildman–Crippen MR) is 91.1 cm³/mol. The van der Waals surface area contributed by atoms with Crippen molar-refractivity contribution >= 4 is 17.5 Å². The van der Waals surface area contributed by atoms with Crippen molar-refractivity contribution in [3.8, 4) is 11.1 Å². The summed E-state index contributed by atoms with van der Waals surface area (Å²) >= 11 is 0. The molecule has 0 radical (unpaired) electrons. The minimum atomic E-state index is 0.279. The Morgan fingerprint density at radius 3 is 2.32 bits per heavy atom. The zero-order valence-electron chi connectivity index (χ0n) is 12.7. The van der Waals surface area contributed by atoms with Gasteiger partial charge in [0.15, 0.2) is 0 Å². The number of nitrogen functional groups attached to an aromatic ring is 1. The molecule has 3 aromatic rings. The number of nitrogens with two attached hydrogens (primary N) is 1. The molecule has 0 atom stereocenters. The van der Waals surface area contributed by atoms with E-state index >= 15 is 0 Å². The molecule has 110 valence electrons. The molecule has 0 saturated heterocycles. The van der Waals surface area contributed by atoms with E-state index < -0.39 is 0 Å². The number of nitrogens with zero attached hydrogens (tertiary/aromatic N) is 2. The van der Waals surface area contributed by atoms with E-state index in [-0.39, 0.29) is 5.95 Å². The Bertz CT molecular complexity index is 777. The third-order valence-electron chi connectivity index (χ3n) is 3.47. The largest absolute Gasteiger partial charge is 0.368 e. The van der Waals surface area contributed by atoms with Crippen molar-refractivity contribution in [2.45, 2.75) is 13.8 Å². The van der Waals surface area contributed by atoms with Crippen LogP contribution in [0.15, 0.2) is 54.6 Å². The number of benzene rings is 2. The van der Waals surface area contributed by atoms with Crippen molar-refractivity contribution in [1.29, 1.82) is 0 Å². The highest BCUT2D eigenvalue weighted by atomic mass is 15.1. The molecule has 1 heterocycles. The maximum Gasteiger partial charge on any atom is 0.222 e. The van der Waals surface area contributed by atoms with Crippen molar-refractivity contribution in [1.82, 2.24) is 9.97 Å². The van der Waals surface area contributed by atoms with Gasteiger partial charge < -0.3 is 11.1 Å². The van der Waals surface area contributed by atoms with Gasteiger partial charge in [0.2, 0.25) is 5.95 Å². The molecule has 0 spiro atoms. The fourth-order valence-corrected chi connectivity index (χ4v) is 2.41. The maximum atomic E-state index is 5.69. The van der Waals surface area contributed by atoms with Crippen molar-refractivity contribution in [2.24, 2.45) is 0 Å². The molecule has 0 amide bonds. The lowest BCUT2D eigenvalue weighted by atomic mass is 10.0. The first-order valence-corrected chi connectivity index (χ1v) is 7.16. The number of aryl methyl sites for hydroxylation is 2. The molecule has 0 bridgehead atoms. The van der Waals surface area contributed by atoms with Gasteiger partial charge in [-0.1, -0.05) is 36.4 Å². The van der Waals surface area contributed by atoms with Crippen molar-refractivity contribution in [3.63, 3.8) is 0 Å². The fourth-order valence-electron chi connectivity index (χ4n) is 2.41. The maximum absolute atomic E-state index is 5.69. The summed E-state index contributed by atoms with van der Waals surface area (Å²) in [6, 6.07) is 18.5. The van der Waals surface area contributed by atoms with E-state index in [0.717, 1.165) is 16.9 Å². The molecular weight excluding hydrogens is 272 g/mol. The van der Waals surface area contributed by atoms with E-state index in [0.29, 0.717) is 5.82 Å². The molecule has 3 N–H and O–H groups in total. The molecule has 3 rings (SSSR count). The first-order valence-electron chi connectivity index (χ1n) is 7.16. The number of hydrogen-bond acceptors (Lipinski definition) is 4. The second-order valence-electron chi connectivity index (χ2n) is 5.27.